The van der Waals surface area contributed by atoms with Crippen LogP contribution in [0.3, 0.4) is 0 Å². The van der Waals surface area contributed by atoms with Gasteiger partial charge in [-0.15, -0.1) is 0 Å². The molecule has 1 atom stereocenters. The molecule has 0 aliphatic heterocycles. The number of ether oxygens (including phenoxy) is 2. The summed E-state index contributed by atoms with van der Waals surface area (Å²) in [6, 6.07) is 0.970. The van der Waals surface area contributed by atoms with Gasteiger partial charge in [0.25, 0.3) is 8.68 Å². The molecule has 0 aromatic rings. The molecule has 0 saturated carbocycles. The average Bonchev–Trinajstić information content (AvgIpc) is 2.66. The normalized spacial score (nSPS) is 12.9. The van der Waals surface area contributed by atoms with E-state index in [2.05, 4.69) is 13.8 Å². The Morgan fingerprint density at radius 1 is 0.929 bits per heavy atom. The minimum absolute atomic E-state index is 0.299. The van der Waals surface area contributed by atoms with Crippen molar-refractivity contribution in [2.45, 2.75) is 84.2 Å². The van der Waals surface area contributed by atoms with Crippen LogP contribution in [0.25, 0.3) is 0 Å². The Labute approximate surface area is 176 Å². The van der Waals surface area contributed by atoms with Crippen LogP contribution in [0.4, 0.5) is 0 Å². The second-order valence-electron chi connectivity index (χ2n) is 7.60. The van der Waals surface area contributed by atoms with Crippen molar-refractivity contribution in [1.29, 1.82) is 0 Å². The lowest BCUT2D eigenvalue weighted by molar-refractivity contribution is 0.103. The van der Waals surface area contributed by atoms with E-state index in [1.165, 1.54) is 12.8 Å². The van der Waals surface area contributed by atoms with Crippen LogP contribution >= 0.6 is 0 Å². The van der Waals surface area contributed by atoms with Crippen molar-refractivity contribution in [3.8, 4) is 0 Å². The number of hydrogen-bond acceptors (Lipinski definition) is 5. The maximum Gasteiger partial charge on any atom is 0.299 e. The second-order valence-corrected chi connectivity index (χ2v) is 11.7. The van der Waals surface area contributed by atoms with E-state index in [0.717, 1.165) is 84.0 Å². The van der Waals surface area contributed by atoms with Crippen molar-refractivity contribution in [2.75, 3.05) is 39.6 Å². The molecule has 0 aromatic heterocycles. The van der Waals surface area contributed by atoms with Crippen molar-refractivity contribution in [2.24, 2.45) is 5.92 Å². The topological polar surface area (TPSA) is 65.0 Å². The Morgan fingerprint density at radius 2 is 1.57 bits per heavy atom. The van der Waals surface area contributed by atoms with Crippen LogP contribution in [0.5, 0.6) is 0 Å². The molecule has 0 radical (unpaired) electrons. The molecule has 0 aliphatic carbocycles. The highest BCUT2D eigenvalue weighted by Crippen LogP contribution is 2.11. The SMILES string of the molecule is CCCOCCCCOCCC/[Si](=C/[Si](C)=O)OCC(C)CCCCCCO. The van der Waals surface area contributed by atoms with E-state index in [1.807, 2.05) is 5.30 Å². The third kappa shape index (κ3) is 20.5. The Bertz CT molecular complexity index is 391. The van der Waals surface area contributed by atoms with E-state index in [0.29, 0.717) is 12.5 Å². The molecular weight excluding hydrogens is 388 g/mol. The third-order valence-electron chi connectivity index (χ3n) is 4.41. The summed E-state index contributed by atoms with van der Waals surface area (Å²) in [7, 11) is -2.71. The van der Waals surface area contributed by atoms with Gasteiger partial charge < -0.3 is 23.5 Å². The predicted molar refractivity (Wildman–Crippen MR) is 120 cm³/mol. The quantitative estimate of drug-likeness (QED) is 0.218. The lowest BCUT2D eigenvalue weighted by Crippen LogP contribution is -2.20. The number of aliphatic hydroxyl groups is 1. The molecule has 0 aliphatic rings. The Kier molecular flexibility index (Phi) is 21.3. The van der Waals surface area contributed by atoms with Crippen LogP contribution in [0.2, 0.25) is 12.6 Å². The van der Waals surface area contributed by atoms with Gasteiger partial charge in [0.2, 0.25) is 8.65 Å². The summed E-state index contributed by atoms with van der Waals surface area (Å²) < 4.78 is 29.0. The standard InChI is InChI=1S/C21H44O5Si2/c1-4-14-24-15-9-10-16-25-17-11-18-28(20-27(3)23)26-19-21(2)12-7-5-6-8-13-22/h20-22H,4-19H2,1-3H3/b28-20-. The maximum absolute atomic E-state index is 11.7. The molecule has 0 amide bonds. The monoisotopic (exact) mass is 432 g/mol. The lowest BCUT2D eigenvalue weighted by Gasteiger charge is -2.15. The van der Waals surface area contributed by atoms with Crippen molar-refractivity contribution in [3.05, 3.63) is 0 Å². The molecule has 0 spiro atoms. The largest absolute Gasteiger partial charge is 0.550 e. The van der Waals surface area contributed by atoms with Crippen molar-refractivity contribution < 1.29 is 23.5 Å². The highest BCUT2D eigenvalue weighted by Gasteiger charge is 2.08. The molecule has 0 bridgehead atoms. The fourth-order valence-corrected chi connectivity index (χ4v) is 6.67. The predicted octanol–water partition coefficient (Wildman–Crippen LogP) is 4.16. The molecule has 166 valence electrons. The Morgan fingerprint density at radius 3 is 2.21 bits per heavy atom. The van der Waals surface area contributed by atoms with Crippen molar-refractivity contribution >= 4 is 22.6 Å². The first-order chi connectivity index (χ1) is 13.6. The Balaban J connectivity index is 3.81. The van der Waals surface area contributed by atoms with Crippen LogP contribution in [0, 0.1) is 5.92 Å². The molecule has 5 nitrogen and oxygen atoms in total. The molecule has 28 heavy (non-hydrogen) atoms. The average molecular weight is 433 g/mol. The first-order valence-electron chi connectivity index (χ1n) is 11.2. The van der Waals surface area contributed by atoms with Crippen LogP contribution in [0.15, 0.2) is 0 Å². The lowest BCUT2D eigenvalue weighted by atomic mass is 10.0. The zero-order chi connectivity index (χ0) is 20.9. The summed E-state index contributed by atoms with van der Waals surface area (Å²) in [6.07, 6.45) is 9.70. The van der Waals surface area contributed by atoms with Crippen LogP contribution in [-0.4, -0.2) is 67.4 Å². The summed E-state index contributed by atoms with van der Waals surface area (Å²) in [4.78, 5) is 0. The van der Waals surface area contributed by atoms with Crippen molar-refractivity contribution in [1.82, 2.24) is 0 Å². The molecule has 0 rings (SSSR count). The summed E-state index contributed by atoms with van der Waals surface area (Å²) >= 11 is 0. The maximum atomic E-state index is 11.7. The smallest absolute Gasteiger partial charge is 0.299 e. The van der Waals surface area contributed by atoms with Gasteiger partial charge in [-0.1, -0.05) is 33.1 Å². The molecule has 1 N–H and O–H groups in total. The van der Waals surface area contributed by atoms with Gasteiger partial charge in [0.1, 0.15) is 0 Å². The fourth-order valence-electron chi connectivity index (χ4n) is 2.81. The minimum Gasteiger partial charge on any atom is -0.550 e. The zero-order valence-electron chi connectivity index (χ0n) is 18.5. The molecule has 0 fully saturated rings. The highest BCUT2D eigenvalue weighted by atomic mass is 28.3. The summed E-state index contributed by atoms with van der Waals surface area (Å²) in [6.45, 7) is 10.4. The highest BCUT2D eigenvalue weighted by molar-refractivity contribution is 6.91. The summed E-state index contributed by atoms with van der Waals surface area (Å²) in [5.74, 6) is 0.535. The van der Waals surface area contributed by atoms with Crippen LogP contribution in [-0.2, 0) is 18.4 Å². The van der Waals surface area contributed by atoms with Gasteiger partial charge in [-0.05, 0) is 62.3 Å². The first-order valence-corrected chi connectivity index (χ1v) is 14.9. The van der Waals surface area contributed by atoms with E-state index >= 15 is 0 Å². The van der Waals surface area contributed by atoms with Gasteiger partial charge >= 0.3 is 0 Å². The molecular formula is C21H44O5Si2. The van der Waals surface area contributed by atoms with Gasteiger partial charge in [0.05, 0.1) is 6.61 Å². The molecule has 7 heteroatoms. The second kappa shape index (κ2) is 21.5. The summed E-state index contributed by atoms with van der Waals surface area (Å²) in [5.41, 5.74) is 0. The Hall–Kier alpha value is -0.216. The van der Waals surface area contributed by atoms with E-state index in [4.69, 9.17) is 19.0 Å². The minimum atomic E-state index is -1.60. The third-order valence-corrected chi connectivity index (χ3v) is 8.71. The number of rotatable bonds is 21. The summed E-state index contributed by atoms with van der Waals surface area (Å²) in [5, 5.41) is 10.8. The van der Waals surface area contributed by atoms with Gasteiger partial charge in [-0.2, -0.15) is 0 Å². The first kappa shape index (κ1) is 27.8. The zero-order valence-corrected chi connectivity index (χ0v) is 20.5. The molecule has 1 unspecified atom stereocenters. The number of hydrogen-bond donors (Lipinski definition) is 1. The van der Waals surface area contributed by atoms with Crippen LogP contribution < -0.4 is 0 Å². The van der Waals surface area contributed by atoms with Gasteiger partial charge in [-0.25, -0.2) is 0 Å². The van der Waals surface area contributed by atoms with E-state index in [9.17, 15) is 4.46 Å². The van der Waals surface area contributed by atoms with Gasteiger partial charge in [0, 0.05) is 33.0 Å². The number of unbranched alkanes of at least 4 members (excludes halogenated alkanes) is 4. The van der Waals surface area contributed by atoms with E-state index in [-0.39, 0.29) is 0 Å². The van der Waals surface area contributed by atoms with Crippen LogP contribution in [0.1, 0.15) is 71.6 Å². The fraction of sp³-hybridized carbons (Fsp3) is 0.952. The van der Waals surface area contributed by atoms with E-state index in [1.54, 1.807) is 6.55 Å². The van der Waals surface area contributed by atoms with Crippen molar-refractivity contribution in [3.63, 3.8) is 0 Å². The number of aliphatic hydroxyl groups excluding tert-OH is 1. The van der Waals surface area contributed by atoms with Gasteiger partial charge in [-0.3, -0.25) is 0 Å². The van der Waals surface area contributed by atoms with E-state index < -0.39 is 17.3 Å². The molecule has 0 heterocycles. The molecule has 0 aromatic carbocycles. The molecule has 0 saturated heterocycles. The van der Waals surface area contributed by atoms with Gasteiger partial charge in [0.15, 0.2) is 0 Å².